The summed E-state index contributed by atoms with van der Waals surface area (Å²) in [6.07, 6.45) is -0.987. The summed E-state index contributed by atoms with van der Waals surface area (Å²) in [4.78, 5) is 0. The van der Waals surface area contributed by atoms with E-state index in [1.807, 2.05) is 13.0 Å². The molecule has 0 saturated heterocycles. The van der Waals surface area contributed by atoms with Gasteiger partial charge in [0, 0.05) is 23.5 Å². The lowest BCUT2D eigenvalue weighted by molar-refractivity contribution is -0.0729. The number of phenolic OH excluding ortho intramolecular Hbond substituents is 1. The number of ether oxygens (including phenoxy) is 5. The van der Waals surface area contributed by atoms with Crippen LogP contribution in [0.2, 0.25) is 0 Å². The van der Waals surface area contributed by atoms with Crippen LogP contribution in [0.3, 0.4) is 0 Å². The number of hydrogen-bond acceptors (Lipinski definition) is 7. The maximum atomic E-state index is 10.4. The Hall–Kier alpha value is -2.80. The van der Waals surface area contributed by atoms with Gasteiger partial charge >= 0.3 is 0 Å². The molecular weight excluding hydrogens is 340 g/mol. The fourth-order valence-corrected chi connectivity index (χ4v) is 3.55. The molecule has 0 aromatic heterocycles. The molecule has 7 heteroatoms. The monoisotopic (exact) mass is 360 g/mol. The summed E-state index contributed by atoms with van der Waals surface area (Å²) < 4.78 is 27.1. The van der Waals surface area contributed by atoms with Gasteiger partial charge in [-0.25, -0.2) is 0 Å². The Morgan fingerprint density at radius 2 is 1.58 bits per heavy atom. The minimum absolute atomic E-state index is 0.0649. The summed E-state index contributed by atoms with van der Waals surface area (Å²) in [7, 11) is 2.96. The molecule has 0 aliphatic carbocycles. The lowest BCUT2D eigenvalue weighted by atomic mass is 9.79. The summed E-state index contributed by atoms with van der Waals surface area (Å²) in [5.41, 5.74) is 1.69. The first-order valence-corrected chi connectivity index (χ1v) is 8.26. The van der Waals surface area contributed by atoms with E-state index in [0.717, 1.165) is 11.1 Å². The van der Waals surface area contributed by atoms with E-state index in [1.54, 1.807) is 18.2 Å². The maximum Gasteiger partial charge on any atom is 0.231 e. The Balaban J connectivity index is 1.89. The van der Waals surface area contributed by atoms with Crippen molar-refractivity contribution in [3.05, 3.63) is 35.4 Å². The van der Waals surface area contributed by atoms with Crippen molar-refractivity contribution in [2.24, 2.45) is 5.92 Å². The molecule has 3 atom stereocenters. The van der Waals surface area contributed by atoms with Crippen LogP contribution in [-0.4, -0.2) is 37.5 Å². The lowest BCUT2D eigenvalue weighted by Gasteiger charge is -2.35. The minimum atomic E-state index is -0.987. The molecule has 0 saturated carbocycles. The highest BCUT2D eigenvalue weighted by molar-refractivity contribution is 5.59. The van der Waals surface area contributed by atoms with Crippen molar-refractivity contribution < 1.29 is 33.9 Å². The van der Waals surface area contributed by atoms with Gasteiger partial charge in [0.1, 0.15) is 5.75 Å². The molecule has 0 radical (unpaired) electrons. The van der Waals surface area contributed by atoms with E-state index >= 15 is 0 Å². The van der Waals surface area contributed by atoms with Gasteiger partial charge in [0.05, 0.1) is 14.2 Å². The van der Waals surface area contributed by atoms with Crippen molar-refractivity contribution in [3.8, 4) is 34.5 Å². The first kappa shape index (κ1) is 16.7. The highest BCUT2D eigenvalue weighted by atomic mass is 16.7. The number of methoxy groups -OCH3 is 2. The Morgan fingerprint density at radius 1 is 0.962 bits per heavy atom. The zero-order valence-electron chi connectivity index (χ0n) is 14.7. The van der Waals surface area contributed by atoms with Gasteiger partial charge < -0.3 is 33.9 Å². The normalized spacial score (nSPS) is 23.2. The van der Waals surface area contributed by atoms with Gasteiger partial charge in [-0.15, -0.1) is 0 Å². The minimum Gasteiger partial charge on any atom is -0.502 e. The number of aliphatic hydroxyl groups excluding tert-OH is 1. The highest BCUT2D eigenvalue weighted by Crippen LogP contribution is 2.50. The van der Waals surface area contributed by atoms with Crippen LogP contribution in [0.1, 0.15) is 24.0 Å². The zero-order chi connectivity index (χ0) is 18.4. The van der Waals surface area contributed by atoms with Gasteiger partial charge in [0.25, 0.3) is 0 Å². The lowest BCUT2D eigenvalue weighted by Crippen LogP contribution is -2.34. The van der Waals surface area contributed by atoms with Crippen molar-refractivity contribution in [1.82, 2.24) is 0 Å². The molecular formula is C19H20O7. The summed E-state index contributed by atoms with van der Waals surface area (Å²) in [5.74, 6) is 1.84. The van der Waals surface area contributed by atoms with E-state index in [2.05, 4.69) is 0 Å². The molecule has 0 bridgehead atoms. The molecule has 26 heavy (non-hydrogen) atoms. The largest absolute Gasteiger partial charge is 0.502 e. The SMILES string of the molecule is COc1cc([C@H]2c3cc4c(cc3O[C@H](O)[C@H]2C)OCO4)cc(OC)c1O. The molecule has 2 aliphatic rings. The Morgan fingerprint density at radius 3 is 2.19 bits per heavy atom. The summed E-state index contributed by atoms with van der Waals surface area (Å²) in [6.45, 7) is 2.05. The van der Waals surface area contributed by atoms with Crippen LogP contribution >= 0.6 is 0 Å². The van der Waals surface area contributed by atoms with Crippen LogP contribution in [0, 0.1) is 5.92 Å². The van der Waals surface area contributed by atoms with E-state index < -0.39 is 6.29 Å². The average Bonchev–Trinajstić information content (AvgIpc) is 3.09. The second-order valence-electron chi connectivity index (χ2n) is 6.36. The van der Waals surface area contributed by atoms with Crippen molar-refractivity contribution in [3.63, 3.8) is 0 Å². The Bertz CT molecular complexity index is 823. The van der Waals surface area contributed by atoms with Gasteiger partial charge in [-0.05, 0) is 23.8 Å². The van der Waals surface area contributed by atoms with Gasteiger partial charge in [-0.2, -0.15) is 0 Å². The van der Waals surface area contributed by atoms with Crippen molar-refractivity contribution >= 4 is 0 Å². The van der Waals surface area contributed by atoms with Crippen LogP contribution in [0.25, 0.3) is 0 Å². The van der Waals surface area contributed by atoms with E-state index in [-0.39, 0.29) is 24.4 Å². The van der Waals surface area contributed by atoms with Crippen LogP contribution in [0.15, 0.2) is 24.3 Å². The topological polar surface area (TPSA) is 86.6 Å². The fourth-order valence-electron chi connectivity index (χ4n) is 3.55. The number of hydrogen-bond donors (Lipinski definition) is 2. The van der Waals surface area contributed by atoms with Crippen LogP contribution in [0.5, 0.6) is 34.5 Å². The summed E-state index contributed by atoms with van der Waals surface area (Å²) in [5, 5.41) is 20.6. The third kappa shape index (κ3) is 2.47. The summed E-state index contributed by atoms with van der Waals surface area (Å²) in [6, 6.07) is 7.09. The second-order valence-corrected chi connectivity index (χ2v) is 6.36. The fraction of sp³-hybridized carbons (Fsp3) is 0.368. The smallest absolute Gasteiger partial charge is 0.231 e. The molecule has 2 aliphatic heterocycles. The van der Waals surface area contributed by atoms with E-state index in [4.69, 9.17) is 23.7 Å². The van der Waals surface area contributed by atoms with Crippen molar-refractivity contribution in [1.29, 1.82) is 0 Å². The third-order valence-electron chi connectivity index (χ3n) is 4.92. The molecule has 2 N–H and O–H groups in total. The van der Waals surface area contributed by atoms with Gasteiger partial charge in [-0.1, -0.05) is 6.92 Å². The predicted octanol–water partition coefficient (Wildman–Crippen LogP) is 2.62. The van der Waals surface area contributed by atoms with Gasteiger partial charge in [0.15, 0.2) is 23.0 Å². The van der Waals surface area contributed by atoms with Gasteiger partial charge in [0.2, 0.25) is 18.8 Å². The number of rotatable bonds is 3. The molecule has 138 valence electrons. The highest BCUT2D eigenvalue weighted by Gasteiger charge is 2.38. The van der Waals surface area contributed by atoms with E-state index in [0.29, 0.717) is 28.7 Å². The molecule has 0 unspecified atom stereocenters. The molecule has 0 fully saturated rings. The Kier molecular flexibility index (Phi) is 3.96. The maximum absolute atomic E-state index is 10.4. The van der Waals surface area contributed by atoms with Crippen LogP contribution in [0.4, 0.5) is 0 Å². The average molecular weight is 360 g/mol. The second kappa shape index (κ2) is 6.17. The molecule has 7 nitrogen and oxygen atoms in total. The predicted molar refractivity (Wildman–Crippen MR) is 91.4 cm³/mol. The van der Waals surface area contributed by atoms with Gasteiger partial charge in [-0.3, -0.25) is 0 Å². The first-order chi connectivity index (χ1) is 12.5. The molecule has 2 aromatic rings. The number of benzene rings is 2. The molecule has 4 rings (SSSR count). The molecule has 0 spiro atoms. The summed E-state index contributed by atoms with van der Waals surface area (Å²) >= 11 is 0. The molecule has 2 aromatic carbocycles. The first-order valence-electron chi connectivity index (χ1n) is 8.26. The standard InChI is InChI=1S/C19H20O7/c1-9-17(10-4-15(22-2)18(20)16(5-10)23-3)11-6-13-14(25-8-24-13)7-12(11)26-19(9)21/h4-7,9,17,19-21H,8H2,1-3H3/t9-,17-,19-/m0/s1. The van der Waals surface area contributed by atoms with E-state index in [1.165, 1.54) is 14.2 Å². The number of aromatic hydroxyl groups is 1. The third-order valence-corrected chi connectivity index (χ3v) is 4.92. The number of fused-ring (bicyclic) bond motifs is 2. The molecule has 2 heterocycles. The quantitative estimate of drug-likeness (QED) is 0.870. The van der Waals surface area contributed by atoms with Crippen molar-refractivity contribution in [2.75, 3.05) is 21.0 Å². The molecule has 0 amide bonds. The van der Waals surface area contributed by atoms with Crippen LogP contribution in [-0.2, 0) is 0 Å². The number of aliphatic hydroxyl groups is 1. The van der Waals surface area contributed by atoms with E-state index in [9.17, 15) is 10.2 Å². The van der Waals surface area contributed by atoms with Crippen LogP contribution < -0.4 is 23.7 Å². The van der Waals surface area contributed by atoms with Crippen molar-refractivity contribution in [2.45, 2.75) is 19.1 Å². The number of phenols is 1. The Labute approximate surface area is 150 Å². The zero-order valence-corrected chi connectivity index (χ0v) is 14.7.